The quantitative estimate of drug-likeness (QED) is 0.841. The van der Waals surface area contributed by atoms with Gasteiger partial charge in [0.05, 0.1) is 12.0 Å². The number of hydrogen-bond donors (Lipinski definition) is 2. The Morgan fingerprint density at radius 2 is 2.28 bits per heavy atom. The summed E-state index contributed by atoms with van der Waals surface area (Å²) in [5, 5.41) is 2.96. The van der Waals surface area contributed by atoms with Gasteiger partial charge in [-0.2, -0.15) is 0 Å². The maximum Gasteiger partial charge on any atom is 0.226 e. The molecule has 0 bridgehead atoms. The van der Waals surface area contributed by atoms with Crippen molar-refractivity contribution in [1.29, 1.82) is 0 Å². The molecule has 98 valence electrons. The molecule has 2 rings (SSSR count). The zero-order valence-corrected chi connectivity index (χ0v) is 10.7. The minimum Gasteiger partial charge on any atom is -0.378 e. The molecule has 2 unspecified atom stereocenters. The van der Waals surface area contributed by atoms with E-state index in [1.807, 2.05) is 31.2 Å². The van der Waals surface area contributed by atoms with Gasteiger partial charge in [0.2, 0.25) is 5.91 Å². The number of hydrogen-bond acceptors (Lipinski definition) is 3. The first-order chi connectivity index (χ1) is 8.70. The predicted molar refractivity (Wildman–Crippen MR) is 69.7 cm³/mol. The summed E-state index contributed by atoms with van der Waals surface area (Å²) in [7, 11) is 0. The van der Waals surface area contributed by atoms with Crippen molar-refractivity contribution in [2.45, 2.75) is 32.5 Å². The molecule has 0 radical (unpaired) electrons. The van der Waals surface area contributed by atoms with E-state index in [-0.39, 0.29) is 17.9 Å². The lowest BCUT2D eigenvalue weighted by molar-refractivity contribution is -0.126. The molecule has 1 aliphatic heterocycles. The Balaban J connectivity index is 1.88. The fourth-order valence-corrected chi connectivity index (χ4v) is 2.26. The topological polar surface area (TPSA) is 64.3 Å². The van der Waals surface area contributed by atoms with Crippen LogP contribution in [0.2, 0.25) is 0 Å². The Morgan fingerprint density at radius 3 is 2.94 bits per heavy atom. The summed E-state index contributed by atoms with van der Waals surface area (Å²) < 4.78 is 5.40. The van der Waals surface area contributed by atoms with Gasteiger partial charge in [-0.1, -0.05) is 24.3 Å². The lowest BCUT2D eigenvalue weighted by Gasteiger charge is -2.14. The second-order valence-corrected chi connectivity index (χ2v) is 4.71. The average molecular weight is 248 g/mol. The molecule has 2 atom stereocenters. The first kappa shape index (κ1) is 13.1. The normalized spacial score (nSPS) is 23.0. The Labute approximate surface area is 108 Å². The average Bonchev–Trinajstić information content (AvgIpc) is 2.82. The van der Waals surface area contributed by atoms with Crippen molar-refractivity contribution in [1.82, 2.24) is 5.32 Å². The predicted octanol–water partition coefficient (Wildman–Crippen LogP) is 1.19. The lowest BCUT2D eigenvalue weighted by Crippen LogP contribution is -2.33. The first-order valence-electron chi connectivity index (χ1n) is 6.38. The van der Waals surface area contributed by atoms with E-state index in [0.717, 1.165) is 17.5 Å². The number of amides is 1. The van der Waals surface area contributed by atoms with Crippen molar-refractivity contribution in [3.8, 4) is 0 Å². The van der Waals surface area contributed by atoms with Gasteiger partial charge in [-0.05, 0) is 24.5 Å². The molecule has 1 fully saturated rings. The molecule has 0 aromatic heterocycles. The van der Waals surface area contributed by atoms with Crippen LogP contribution in [0.5, 0.6) is 0 Å². The van der Waals surface area contributed by atoms with E-state index in [1.54, 1.807) is 0 Å². The summed E-state index contributed by atoms with van der Waals surface area (Å²) in [4.78, 5) is 12.0. The van der Waals surface area contributed by atoms with Crippen LogP contribution < -0.4 is 11.1 Å². The second-order valence-electron chi connectivity index (χ2n) is 4.71. The number of carbonyl (C=O) groups is 1. The molecule has 1 saturated heterocycles. The smallest absolute Gasteiger partial charge is 0.226 e. The van der Waals surface area contributed by atoms with Crippen LogP contribution in [0.1, 0.15) is 24.5 Å². The third-order valence-corrected chi connectivity index (χ3v) is 3.41. The Hall–Kier alpha value is -1.39. The zero-order chi connectivity index (χ0) is 13.0. The summed E-state index contributed by atoms with van der Waals surface area (Å²) >= 11 is 0. The zero-order valence-electron chi connectivity index (χ0n) is 10.7. The molecule has 1 amide bonds. The molecule has 0 saturated carbocycles. The summed E-state index contributed by atoms with van der Waals surface area (Å²) in [5.41, 5.74) is 7.75. The number of nitrogens with one attached hydrogen (secondary N) is 1. The highest BCUT2D eigenvalue weighted by atomic mass is 16.5. The standard InChI is InChI=1S/C14H20N2O2/c1-10-13(5-6-18-10)14(17)16-9-12-4-2-3-11(7-12)8-15/h2-4,7,10,13H,5-6,8-9,15H2,1H3,(H,16,17). The number of carbonyl (C=O) groups excluding carboxylic acids is 1. The van der Waals surface area contributed by atoms with Gasteiger partial charge in [0.25, 0.3) is 0 Å². The van der Waals surface area contributed by atoms with E-state index in [4.69, 9.17) is 10.5 Å². The highest BCUT2D eigenvalue weighted by Gasteiger charge is 2.30. The molecule has 0 spiro atoms. The van der Waals surface area contributed by atoms with Gasteiger partial charge in [0.1, 0.15) is 0 Å². The molecule has 3 N–H and O–H groups in total. The first-order valence-corrected chi connectivity index (χ1v) is 6.38. The maximum atomic E-state index is 12.0. The van der Waals surface area contributed by atoms with Gasteiger partial charge in [-0.3, -0.25) is 4.79 Å². The van der Waals surface area contributed by atoms with E-state index in [9.17, 15) is 4.79 Å². The van der Waals surface area contributed by atoms with Crippen LogP contribution in [0, 0.1) is 5.92 Å². The maximum absolute atomic E-state index is 12.0. The van der Waals surface area contributed by atoms with E-state index in [0.29, 0.717) is 19.7 Å². The van der Waals surface area contributed by atoms with E-state index < -0.39 is 0 Å². The van der Waals surface area contributed by atoms with E-state index in [1.165, 1.54) is 0 Å². The van der Waals surface area contributed by atoms with Gasteiger partial charge < -0.3 is 15.8 Å². The molecule has 1 aromatic rings. The van der Waals surface area contributed by atoms with Crippen molar-refractivity contribution >= 4 is 5.91 Å². The van der Waals surface area contributed by atoms with Crippen LogP contribution in [0.25, 0.3) is 0 Å². The third kappa shape index (κ3) is 3.09. The van der Waals surface area contributed by atoms with Crippen molar-refractivity contribution in [2.75, 3.05) is 6.61 Å². The molecule has 1 heterocycles. The Kier molecular flexibility index (Phi) is 4.33. The van der Waals surface area contributed by atoms with Gasteiger partial charge in [0, 0.05) is 19.7 Å². The van der Waals surface area contributed by atoms with Gasteiger partial charge >= 0.3 is 0 Å². The van der Waals surface area contributed by atoms with Crippen LogP contribution in [0.4, 0.5) is 0 Å². The number of rotatable bonds is 4. The molecular weight excluding hydrogens is 228 g/mol. The van der Waals surface area contributed by atoms with Crippen LogP contribution in [-0.2, 0) is 22.6 Å². The largest absolute Gasteiger partial charge is 0.378 e. The summed E-state index contributed by atoms with van der Waals surface area (Å²) in [5.74, 6) is 0.0702. The fraction of sp³-hybridized carbons (Fsp3) is 0.500. The molecule has 18 heavy (non-hydrogen) atoms. The van der Waals surface area contributed by atoms with E-state index >= 15 is 0 Å². The van der Waals surface area contributed by atoms with Gasteiger partial charge in [-0.15, -0.1) is 0 Å². The third-order valence-electron chi connectivity index (χ3n) is 3.41. The molecule has 4 heteroatoms. The van der Waals surface area contributed by atoms with Crippen LogP contribution >= 0.6 is 0 Å². The SMILES string of the molecule is CC1OCCC1C(=O)NCc1cccc(CN)c1. The molecule has 4 nitrogen and oxygen atoms in total. The molecule has 0 aliphatic carbocycles. The number of ether oxygens (including phenoxy) is 1. The highest BCUT2D eigenvalue weighted by Crippen LogP contribution is 2.20. The monoisotopic (exact) mass is 248 g/mol. The highest BCUT2D eigenvalue weighted by molar-refractivity contribution is 5.79. The second kappa shape index (κ2) is 5.98. The van der Waals surface area contributed by atoms with Crippen molar-refractivity contribution in [3.63, 3.8) is 0 Å². The summed E-state index contributed by atoms with van der Waals surface area (Å²) in [6.07, 6.45) is 0.843. The lowest BCUT2D eigenvalue weighted by atomic mass is 10.0. The van der Waals surface area contributed by atoms with Crippen LogP contribution in [-0.4, -0.2) is 18.6 Å². The van der Waals surface area contributed by atoms with Crippen molar-refractivity contribution < 1.29 is 9.53 Å². The Morgan fingerprint density at radius 1 is 1.50 bits per heavy atom. The molecule has 1 aromatic carbocycles. The minimum atomic E-state index is -0.0114. The summed E-state index contributed by atoms with van der Waals surface area (Å²) in [6.45, 7) is 3.71. The van der Waals surface area contributed by atoms with Crippen molar-refractivity contribution in [3.05, 3.63) is 35.4 Å². The molecular formula is C14H20N2O2. The molecule has 1 aliphatic rings. The van der Waals surface area contributed by atoms with Crippen molar-refractivity contribution in [2.24, 2.45) is 11.7 Å². The van der Waals surface area contributed by atoms with E-state index in [2.05, 4.69) is 5.32 Å². The van der Waals surface area contributed by atoms with Gasteiger partial charge in [-0.25, -0.2) is 0 Å². The summed E-state index contributed by atoms with van der Waals surface area (Å²) in [6, 6.07) is 7.96. The number of nitrogens with two attached hydrogens (primary N) is 1. The number of benzene rings is 1. The fourth-order valence-electron chi connectivity index (χ4n) is 2.26. The minimum absolute atomic E-state index is 0.0114. The Bertz CT molecular complexity index is 420. The van der Waals surface area contributed by atoms with Crippen LogP contribution in [0.3, 0.4) is 0 Å². The van der Waals surface area contributed by atoms with Crippen LogP contribution in [0.15, 0.2) is 24.3 Å². The van der Waals surface area contributed by atoms with Gasteiger partial charge in [0.15, 0.2) is 0 Å².